The number of unbranched alkanes of at least 4 members (excludes halogenated alkanes) is 4. The summed E-state index contributed by atoms with van der Waals surface area (Å²) in [6.07, 6.45) is 7.01. The molecule has 0 aromatic heterocycles. The van der Waals surface area contributed by atoms with Crippen molar-refractivity contribution in [1.82, 2.24) is 0 Å². The molecule has 0 N–H and O–H groups in total. The summed E-state index contributed by atoms with van der Waals surface area (Å²) in [6.45, 7) is 4.49. The fourth-order valence-electron chi connectivity index (χ4n) is 0.677. The Kier molecular flexibility index (Phi) is 50.8. The zero-order valence-corrected chi connectivity index (χ0v) is 11.2. The van der Waals surface area contributed by atoms with E-state index < -0.39 is 0 Å². The van der Waals surface area contributed by atoms with E-state index in [1.165, 1.54) is 32.1 Å². The molecule has 0 bridgehead atoms. The Morgan fingerprint density at radius 2 is 1.00 bits per heavy atom. The Bertz CT molecular complexity index is 23.9. The van der Waals surface area contributed by atoms with Gasteiger partial charge in [-0.3, -0.25) is 0 Å². The molecule has 0 aliphatic rings. The fourth-order valence-corrected chi connectivity index (χ4v) is 0.677. The summed E-state index contributed by atoms with van der Waals surface area (Å²) in [7, 11) is 0. The number of rotatable bonds is 4. The first-order chi connectivity index (χ1) is 3.41. The predicted molar refractivity (Wildman–Crippen MR) is 47.3 cm³/mol. The molecule has 10 heavy (non-hydrogen) atoms. The topological polar surface area (TPSA) is 0 Å². The normalized spacial score (nSPS) is 6.60. The first-order valence-electron chi connectivity index (χ1n) is 3.41. The molecule has 0 radical (unpaired) electrons. The molecule has 0 saturated heterocycles. The standard InChI is InChI=1S/C7H16.2CH3.Zn/c1-3-5-7-6-4-2;;;/h3-7H2,1-2H3;2*1H3;/q;2*-1;+2. The third-order valence-corrected chi connectivity index (χ3v) is 1.21. The van der Waals surface area contributed by atoms with Crippen LogP contribution >= 0.6 is 0 Å². The minimum absolute atomic E-state index is 0. The van der Waals surface area contributed by atoms with Gasteiger partial charge in [0.05, 0.1) is 0 Å². The third-order valence-electron chi connectivity index (χ3n) is 1.21. The van der Waals surface area contributed by atoms with Crippen molar-refractivity contribution >= 4 is 0 Å². The van der Waals surface area contributed by atoms with Gasteiger partial charge in [-0.05, 0) is 0 Å². The number of hydrogen-bond donors (Lipinski definition) is 0. The van der Waals surface area contributed by atoms with E-state index in [-0.39, 0.29) is 34.3 Å². The second-order valence-corrected chi connectivity index (χ2v) is 2.06. The molecular weight excluding hydrogens is 173 g/mol. The Hall–Kier alpha value is 0.623. The van der Waals surface area contributed by atoms with Gasteiger partial charge in [0.1, 0.15) is 0 Å². The van der Waals surface area contributed by atoms with Crippen molar-refractivity contribution in [2.45, 2.75) is 46.0 Å². The summed E-state index contributed by atoms with van der Waals surface area (Å²) in [5.74, 6) is 0. The van der Waals surface area contributed by atoms with E-state index in [0.717, 1.165) is 0 Å². The average molecular weight is 196 g/mol. The van der Waals surface area contributed by atoms with Crippen LogP contribution in [-0.2, 0) is 19.5 Å². The minimum atomic E-state index is 0. The molecule has 1 heteroatoms. The van der Waals surface area contributed by atoms with Crippen molar-refractivity contribution in [3.8, 4) is 0 Å². The molecule has 60 valence electrons. The molecule has 0 heterocycles. The Balaban J connectivity index is -0.0000000600. The van der Waals surface area contributed by atoms with Gasteiger partial charge < -0.3 is 14.9 Å². The molecular formula is C9H22Zn. The van der Waals surface area contributed by atoms with E-state index in [2.05, 4.69) is 13.8 Å². The van der Waals surface area contributed by atoms with Crippen LogP contribution in [0, 0.1) is 14.9 Å². The maximum atomic E-state index is 2.25. The Labute approximate surface area is 80.6 Å². The van der Waals surface area contributed by atoms with Crippen LogP contribution in [0.1, 0.15) is 46.0 Å². The fraction of sp³-hybridized carbons (Fsp3) is 0.778. The molecule has 0 spiro atoms. The molecule has 0 aromatic carbocycles. The Morgan fingerprint density at radius 3 is 1.20 bits per heavy atom. The maximum absolute atomic E-state index is 2.25. The smallest absolute Gasteiger partial charge is 0.358 e. The van der Waals surface area contributed by atoms with Crippen molar-refractivity contribution in [2.75, 3.05) is 0 Å². The number of hydrogen-bond acceptors (Lipinski definition) is 0. The van der Waals surface area contributed by atoms with Gasteiger partial charge in [0.25, 0.3) is 0 Å². The van der Waals surface area contributed by atoms with Crippen LogP contribution in [0.4, 0.5) is 0 Å². The first kappa shape index (κ1) is 22.4. The molecule has 0 aliphatic heterocycles. The van der Waals surface area contributed by atoms with Crippen molar-refractivity contribution in [3.05, 3.63) is 14.9 Å². The monoisotopic (exact) mass is 194 g/mol. The van der Waals surface area contributed by atoms with Crippen molar-refractivity contribution < 1.29 is 19.5 Å². The summed E-state index contributed by atoms with van der Waals surface area (Å²) >= 11 is 0. The van der Waals surface area contributed by atoms with E-state index in [0.29, 0.717) is 0 Å². The van der Waals surface area contributed by atoms with Gasteiger partial charge in [0.15, 0.2) is 0 Å². The SMILES string of the molecule is CCCCCCC.[CH3-].[CH3-].[Zn+2]. The van der Waals surface area contributed by atoms with Gasteiger partial charge >= 0.3 is 19.5 Å². The van der Waals surface area contributed by atoms with Gasteiger partial charge in [0.2, 0.25) is 0 Å². The van der Waals surface area contributed by atoms with Gasteiger partial charge in [-0.25, -0.2) is 0 Å². The second kappa shape index (κ2) is 22.6. The molecule has 0 fully saturated rings. The quantitative estimate of drug-likeness (QED) is 0.363. The van der Waals surface area contributed by atoms with E-state index >= 15 is 0 Å². The summed E-state index contributed by atoms with van der Waals surface area (Å²) in [5, 5.41) is 0. The van der Waals surface area contributed by atoms with Crippen LogP contribution in [0.3, 0.4) is 0 Å². The molecule has 0 amide bonds. The predicted octanol–water partition coefficient (Wildman–Crippen LogP) is 3.87. The van der Waals surface area contributed by atoms with Crippen molar-refractivity contribution in [3.63, 3.8) is 0 Å². The largest absolute Gasteiger partial charge is 2.00 e. The van der Waals surface area contributed by atoms with Gasteiger partial charge in [-0.2, -0.15) is 0 Å². The van der Waals surface area contributed by atoms with E-state index in [4.69, 9.17) is 0 Å². The van der Waals surface area contributed by atoms with Crippen LogP contribution in [0.2, 0.25) is 0 Å². The second-order valence-electron chi connectivity index (χ2n) is 2.06. The summed E-state index contributed by atoms with van der Waals surface area (Å²) in [6, 6.07) is 0. The molecule has 0 nitrogen and oxygen atoms in total. The van der Waals surface area contributed by atoms with Gasteiger partial charge in [0, 0.05) is 0 Å². The van der Waals surface area contributed by atoms with E-state index in [1.807, 2.05) is 0 Å². The van der Waals surface area contributed by atoms with E-state index in [1.54, 1.807) is 0 Å². The molecule has 0 atom stereocenters. The molecule has 0 unspecified atom stereocenters. The zero-order chi connectivity index (χ0) is 5.54. The minimum Gasteiger partial charge on any atom is -0.358 e. The van der Waals surface area contributed by atoms with Crippen LogP contribution in [0.25, 0.3) is 0 Å². The Morgan fingerprint density at radius 1 is 0.700 bits per heavy atom. The van der Waals surface area contributed by atoms with Gasteiger partial charge in [-0.1, -0.05) is 46.0 Å². The maximum Gasteiger partial charge on any atom is 2.00 e. The first-order valence-corrected chi connectivity index (χ1v) is 3.41. The molecule has 0 aliphatic carbocycles. The van der Waals surface area contributed by atoms with Crippen LogP contribution in [0.5, 0.6) is 0 Å². The third kappa shape index (κ3) is 23.4. The summed E-state index contributed by atoms with van der Waals surface area (Å²) in [4.78, 5) is 0. The van der Waals surface area contributed by atoms with Crippen LogP contribution in [-0.4, -0.2) is 0 Å². The van der Waals surface area contributed by atoms with Crippen LogP contribution in [0.15, 0.2) is 0 Å². The average Bonchev–Trinajstić information content (AvgIpc) is 1.69. The molecule has 0 rings (SSSR count). The molecule has 0 saturated carbocycles. The van der Waals surface area contributed by atoms with Gasteiger partial charge in [-0.15, -0.1) is 0 Å². The molecule has 0 aromatic rings. The van der Waals surface area contributed by atoms with E-state index in [9.17, 15) is 0 Å². The van der Waals surface area contributed by atoms with Crippen molar-refractivity contribution in [2.24, 2.45) is 0 Å². The summed E-state index contributed by atoms with van der Waals surface area (Å²) in [5.41, 5.74) is 0. The zero-order valence-electron chi connectivity index (χ0n) is 8.24. The van der Waals surface area contributed by atoms with Crippen molar-refractivity contribution in [1.29, 1.82) is 0 Å². The van der Waals surface area contributed by atoms with Crippen LogP contribution < -0.4 is 0 Å². The summed E-state index contributed by atoms with van der Waals surface area (Å²) < 4.78 is 0.